The zero-order valence-electron chi connectivity index (χ0n) is 31.2. The summed E-state index contributed by atoms with van der Waals surface area (Å²) in [6, 6.07) is 5.71. The van der Waals surface area contributed by atoms with Gasteiger partial charge in [0.25, 0.3) is 0 Å². The standard InChI is InChI=1S/C35H49NO8.CO2/c1-3-4-14-32(40)36(20-9-7-5-6-8-13-30(38)27-12-10-11-25(2)22-27)21-19-28(37)23-26-15-17-29(18-16-26)44-35-34(42)33(41)31(39)24-43-35;2-1-3/h10-12,15-18,22,31,33-35,39,41-42H,3-9,13-14,19-21,23-24H2,1-2H3;/i10D,11D,12D,22D;. The summed E-state index contributed by atoms with van der Waals surface area (Å²) in [5.74, 6) is 0.0436. The van der Waals surface area contributed by atoms with Crippen molar-refractivity contribution in [2.24, 2.45) is 0 Å². The molecule has 3 rings (SSSR count). The molecule has 3 N–H and O–H groups in total. The first kappa shape index (κ1) is 33.2. The molecular weight excluding hydrogens is 606 g/mol. The van der Waals surface area contributed by atoms with Crippen LogP contribution in [0.5, 0.6) is 5.75 Å². The number of aliphatic hydroxyl groups is 3. The minimum Gasteiger partial charge on any atom is -0.462 e. The monoisotopic (exact) mass is 659 g/mol. The molecule has 0 saturated carbocycles. The van der Waals surface area contributed by atoms with Crippen molar-refractivity contribution in [3.8, 4) is 5.75 Å². The van der Waals surface area contributed by atoms with E-state index >= 15 is 0 Å². The van der Waals surface area contributed by atoms with Gasteiger partial charge in [-0.25, -0.2) is 0 Å². The van der Waals surface area contributed by atoms with Crippen LogP contribution in [-0.4, -0.2) is 88.1 Å². The highest BCUT2D eigenvalue weighted by Crippen LogP contribution is 2.21. The van der Waals surface area contributed by atoms with Crippen molar-refractivity contribution >= 4 is 23.6 Å². The molecule has 4 unspecified atom stereocenters. The molecule has 1 heterocycles. The zero-order valence-corrected chi connectivity index (χ0v) is 27.2. The minimum atomic E-state index is -1.41. The second kappa shape index (κ2) is 22.0. The number of unbranched alkanes of at least 4 members (excludes halogenated alkanes) is 5. The Bertz CT molecular complexity index is 1450. The SMILES string of the molecule is O=C=O.[2H]c1c([2H])c(C)c([2H])c(C(=O)CCCCCCCN(CCC(=O)Cc2ccc(OC3OCC(O)C(O)C3O)cc2)C(=O)CCCC)c1[2H]. The van der Waals surface area contributed by atoms with Gasteiger partial charge < -0.3 is 29.7 Å². The minimum absolute atomic E-state index is 0.0125. The Kier molecular flexibility index (Phi) is 15.5. The highest BCUT2D eigenvalue weighted by molar-refractivity contribution is 5.96. The number of aliphatic hydroxyl groups excluding tert-OH is 3. The largest absolute Gasteiger partial charge is 0.462 e. The Balaban J connectivity index is 0.00000290. The molecule has 0 bridgehead atoms. The van der Waals surface area contributed by atoms with Gasteiger partial charge in [-0.3, -0.25) is 14.4 Å². The molecule has 0 aliphatic carbocycles. The first-order valence-corrected chi connectivity index (χ1v) is 16.1. The van der Waals surface area contributed by atoms with Crippen LogP contribution in [0.4, 0.5) is 0 Å². The number of hydrogen-bond acceptors (Lipinski definition) is 10. The number of hydrogen-bond donors (Lipinski definition) is 3. The topological polar surface area (TPSA) is 168 Å². The maximum atomic E-state index is 12.9. The van der Waals surface area contributed by atoms with Crippen LogP contribution in [0, 0.1) is 6.92 Å². The van der Waals surface area contributed by atoms with E-state index in [4.69, 9.17) is 24.5 Å². The highest BCUT2D eigenvalue weighted by Gasteiger charge is 2.39. The van der Waals surface area contributed by atoms with E-state index in [9.17, 15) is 29.7 Å². The summed E-state index contributed by atoms with van der Waals surface area (Å²) in [5, 5.41) is 29.5. The van der Waals surface area contributed by atoms with Crippen molar-refractivity contribution in [1.82, 2.24) is 4.90 Å². The van der Waals surface area contributed by atoms with Gasteiger partial charge >= 0.3 is 6.15 Å². The number of ether oxygens (including phenoxy) is 2. The van der Waals surface area contributed by atoms with Crippen LogP contribution in [0.2, 0.25) is 0 Å². The number of rotatable bonds is 19. The van der Waals surface area contributed by atoms with E-state index in [2.05, 4.69) is 0 Å². The molecular formula is C36H49NO10. The van der Waals surface area contributed by atoms with Gasteiger partial charge in [0.05, 0.1) is 12.1 Å². The third-order valence-electron chi connectivity index (χ3n) is 7.65. The predicted molar refractivity (Wildman–Crippen MR) is 172 cm³/mol. The average molecular weight is 660 g/mol. The smallest absolute Gasteiger partial charge is 0.373 e. The molecule has 0 spiro atoms. The molecule has 1 fully saturated rings. The second-order valence-electron chi connectivity index (χ2n) is 11.5. The summed E-state index contributed by atoms with van der Waals surface area (Å²) >= 11 is 0. The summed E-state index contributed by atoms with van der Waals surface area (Å²) in [6.45, 7) is 4.24. The van der Waals surface area contributed by atoms with Crippen molar-refractivity contribution in [2.75, 3.05) is 19.7 Å². The lowest BCUT2D eigenvalue weighted by atomic mass is 10.0. The average Bonchev–Trinajstić information content (AvgIpc) is 3.11. The van der Waals surface area contributed by atoms with Crippen molar-refractivity contribution in [3.63, 3.8) is 0 Å². The van der Waals surface area contributed by atoms with Gasteiger partial charge in [0.15, 0.2) is 5.78 Å². The molecule has 11 nitrogen and oxygen atoms in total. The zero-order chi connectivity index (χ0) is 38.1. The van der Waals surface area contributed by atoms with Crippen LogP contribution < -0.4 is 4.74 Å². The first-order valence-electron chi connectivity index (χ1n) is 18.1. The van der Waals surface area contributed by atoms with Gasteiger partial charge in [0, 0.05) is 44.3 Å². The number of Topliss-reactive ketones (excluding diaryl/α,β-unsaturated/α-hetero) is 2. The van der Waals surface area contributed by atoms with Crippen molar-refractivity contribution in [1.29, 1.82) is 0 Å². The van der Waals surface area contributed by atoms with E-state index in [1.54, 1.807) is 29.2 Å². The molecule has 47 heavy (non-hydrogen) atoms. The number of carbonyl (C=O) groups excluding carboxylic acids is 5. The second-order valence-corrected chi connectivity index (χ2v) is 11.5. The molecule has 1 amide bonds. The molecule has 0 radical (unpaired) electrons. The molecule has 4 atom stereocenters. The normalized spacial score (nSPS) is 19.9. The molecule has 2 aromatic carbocycles. The van der Waals surface area contributed by atoms with E-state index in [-0.39, 0.29) is 84.8 Å². The van der Waals surface area contributed by atoms with Crippen LogP contribution in [0.15, 0.2) is 48.4 Å². The van der Waals surface area contributed by atoms with Crippen LogP contribution in [-0.2, 0) is 30.3 Å². The van der Waals surface area contributed by atoms with Crippen molar-refractivity contribution in [3.05, 3.63) is 65.1 Å². The Labute approximate surface area is 282 Å². The molecule has 1 saturated heterocycles. The van der Waals surface area contributed by atoms with Gasteiger partial charge in [-0.05, 0) is 49.9 Å². The number of carbonyl (C=O) groups is 3. The maximum absolute atomic E-state index is 12.9. The van der Waals surface area contributed by atoms with E-state index in [1.165, 1.54) is 6.92 Å². The van der Waals surface area contributed by atoms with Crippen LogP contribution in [0.3, 0.4) is 0 Å². The summed E-state index contributed by atoms with van der Waals surface area (Å²) in [6.07, 6.45) is 1.60. The van der Waals surface area contributed by atoms with Gasteiger partial charge in [-0.15, -0.1) is 0 Å². The van der Waals surface area contributed by atoms with Crippen molar-refractivity contribution in [2.45, 2.75) is 109 Å². The van der Waals surface area contributed by atoms with Gasteiger partial charge in [0.1, 0.15) is 29.8 Å². The molecule has 1 aliphatic heterocycles. The fraction of sp³-hybridized carbons (Fsp3) is 0.556. The Morgan fingerprint density at radius 1 is 0.936 bits per heavy atom. The molecule has 2 aromatic rings. The number of ketones is 2. The number of benzene rings is 2. The van der Waals surface area contributed by atoms with Crippen LogP contribution in [0.25, 0.3) is 0 Å². The van der Waals surface area contributed by atoms with E-state index in [0.717, 1.165) is 44.1 Å². The first-order chi connectivity index (χ1) is 24.3. The highest BCUT2D eigenvalue weighted by atomic mass is 16.7. The summed E-state index contributed by atoms with van der Waals surface area (Å²) < 4.78 is 42.8. The third-order valence-corrected chi connectivity index (χ3v) is 7.65. The van der Waals surface area contributed by atoms with Gasteiger partial charge in [-0.2, -0.15) is 9.59 Å². The molecule has 258 valence electrons. The number of nitrogens with zero attached hydrogens (tertiary/aromatic N) is 1. The lowest BCUT2D eigenvalue weighted by molar-refractivity contribution is -0.242. The Morgan fingerprint density at radius 3 is 2.32 bits per heavy atom. The predicted octanol–water partition coefficient (Wildman–Crippen LogP) is 3.97. The van der Waals surface area contributed by atoms with E-state index in [1.807, 2.05) is 6.92 Å². The lowest BCUT2D eigenvalue weighted by Crippen LogP contribution is -2.54. The van der Waals surface area contributed by atoms with E-state index < -0.39 is 24.6 Å². The Morgan fingerprint density at radius 2 is 1.62 bits per heavy atom. The summed E-state index contributed by atoms with van der Waals surface area (Å²) in [7, 11) is 0. The summed E-state index contributed by atoms with van der Waals surface area (Å²) in [4.78, 5) is 56.4. The van der Waals surface area contributed by atoms with Crippen LogP contribution in [0.1, 0.15) is 98.1 Å². The van der Waals surface area contributed by atoms with Crippen LogP contribution >= 0.6 is 0 Å². The van der Waals surface area contributed by atoms with Gasteiger partial charge in [-0.1, -0.05) is 68.4 Å². The molecule has 0 aromatic heterocycles. The maximum Gasteiger partial charge on any atom is 0.373 e. The number of amides is 1. The van der Waals surface area contributed by atoms with Crippen molar-refractivity contribution < 1.29 is 54.2 Å². The van der Waals surface area contributed by atoms with E-state index in [0.29, 0.717) is 31.7 Å². The fourth-order valence-corrected chi connectivity index (χ4v) is 4.95. The molecule has 11 heteroatoms. The Hall–Kier alpha value is -3.73. The lowest BCUT2D eigenvalue weighted by Gasteiger charge is -2.34. The fourth-order valence-electron chi connectivity index (χ4n) is 4.95. The quantitative estimate of drug-likeness (QED) is 0.148. The summed E-state index contributed by atoms with van der Waals surface area (Å²) in [5.41, 5.74) is 0.915. The molecule has 1 aliphatic rings. The van der Waals surface area contributed by atoms with Gasteiger partial charge in [0.2, 0.25) is 12.2 Å². The third kappa shape index (κ3) is 14.7.